The second-order valence-corrected chi connectivity index (χ2v) is 22.6. The number of hydrogen-bond donors (Lipinski definition) is 0. The summed E-state index contributed by atoms with van der Waals surface area (Å²) in [5, 5.41) is 0. The Balaban J connectivity index is 1.53. The zero-order chi connectivity index (χ0) is 64.6. The molecule has 15 heteroatoms. The fourth-order valence-corrected chi connectivity index (χ4v) is 16.3. The summed E-state index contributed by atoms with van der Waals surface area (Å²) in [4.78, 5) is 34.9. The Kier molecular flexibility index (Phi) is 15.0. The van der Waals surface area contributed by atoms with Crippen molar-refractivity contribution in [1.82, 2.24) is 0 Å². The molecule has 3 aliphatic rings. The fraction of sp³-hybridized carbons (Fsp3) is 0.143. The molecule has 0 amide bonds. The lowest BCUT2D eigenvalue weighted by Gasteiger charge is -2.63. The zero-order valence-electron chi connectivity index (χ0n) is 49.0. The molecule has 1 saturated carbocycles. The molecular formula is C77H52F10O5. The SMILES string of the molecule is CCOC(=O)C1(C(=O)OCC)C(c2ccccc2F)(c2ccccc2F)C2=C3C=CC(c4ccccc4F)(c4ccccc4F)C(c4ccccc4F)(c4ccccc4F)C3(c3ccccc3F)OC2(c2ccccc2F)C1(c1ccccc1F)c1ccccc1F. The van der Waals surface area contributed by atoms with E-state index in [0.717, 1.165) is 121 Å². The van der Waals surface area contributed by atoms with Crippen molar-refractivity contribution in [1.29, 1.82) is 0 Å². The number of hydrogen-bond acceptors (Lipinski definition) is 5. The van der Waals surface area contributed by atoms with Crippen molar-refractivity contribution in [2.45, 2.75) is 46.7 Å². The van der Waals surface area contributed by atoms with Gasteiger partial charge in [-0.1, -0.05) is 194 Å². The van der Waals surface area contributed by atoms with Crippen LogP contribution in [0.5, 0.6) is 0 Å². The van der Waals surface area contributed by atoms with Crippen LogP contribution in [0.1, 0.15) is 69.5 Å². The largest absolute Gasteiger partial charge is 0.465 e. The topological polar surface area (TPSA) is 61.8 Å². The van der Waals surface area contributed by atoms with Crippen LogP contribution in [0.4, 0.5) is 43.9 Å². The van der Waals surface area contributed by atoms with Crippen molar-refractivity contribution < 1.29 is 67.7 Å². The lowest BCUT2D eigenvalue weighted by atomic mass is 9.40. The van der Waals surface area contributed by atoms with Crippen LogP contribution in [-0.2, 0) is 56.7 Å². The highest BCUT2D eigenvalue weighted by molar-refractivity contribution is 6.10. The number of carbonyl (C=O) groups excluding carboxylic acids is 2. The molecule has 10 aromatic carbocycles. The quantitative estimate of drug-likeness (QED) is 0.0617. The Morgan fingerprint density at radius 3 is 0.870 bits per heavy atom. The fourth-order valence-electron chi connectivity index (χ4n) is 16.3. The van der Waals surface area contributed by atoms with Gasteiger partial charge >= 0.3 is 11.9 Å². The number of benzene rings is 10. The molecule has 10 aromatic rings. The van der Waals surface area contributed by atoms with Crippen LogP contribution < -0.4 is 0 Å². The van der Waals surface area contributed by atoms with Gasteiger partial charge in [-0.25, -0.2) is 43.9 Å². The predicted octanol–water partition coefficient (Wildman–Crippen LogP) is 17.1. The lowest BCUT2D eigenvalue weighted by molar-refractivity contribution is -0.204. The maximum Gasteiger partial charge on any atom is 0.326 e. The van der Waals surface area contributed by atoms with E-state index in [-0.39, 0.29) is 0 Å². The van der Waals surface area contributed by atoms with Crippen LogP contribution in [-0.4, -0.2) is 25.2 Å². The van der Waals surface area contributed by atoms with E-state index in [9.17, 15) is 0 Å². The van der Waals surface area contributed by atoms with Gasteiger partial charge in [0.15, 0.2) is 5.41 Å². The minimum absolute atomic E-state index is 0.579. The summed E-state index contributed by atoms with van der Waals surface area (Å²) in [5.41, 5.74) is -34.8. The van der Waals surface area contributed by atoms with E-state index < -0.39 is 188 Å². The molecule has 0 spiro atoms. The molecule has 0 N–H and O–H groups in total. The molecule has 0 saturated heterocycles. The number of rotatable bonds is 14. The third-order valence-electron chi connectivity index (χ3n) is 18.9. The van der Waals surface area contributed by atoms with Crippen LogP contribution in [0.15, 0.2) is 266 Å². The monoisotopic (exact) mass is 1250 g/mol. The van der Waals surface area contributed by atoms with Gasteiger partial charge in [0.25, 0.3) is 0 Å². The summed E-state index contributed by atoms with van der Waals surface area (Å²) in [6.45, 7) is 1.22. The highest BCUT2D eigenvalue weighted by Gasteiger charge is 2.95. The number of fused-ring (bicyclic) bond motifs is 2. The smallest absolute Gasteiger partial charge is 0.326 e. The molecule has 5 nitrogen and oxygen atoms in total. The first kappa shape index (κ1) is 60.8. The number of ether oxygens (including phenoxy) is 3. The van der Waals surface area contributed by atoms with Gasteiger partial charge in [0, 0.05) is 55.6 Å². The normalized spacial score (nSPS) is 19.4. The van der Waals surface area contributed by atoms with Gasteiger partial charge in [-0.3, -0.25) is 9.59 Å². The van der Waals surface area contributed by atoms with Crippen LogP contribution in [0.2, 0.25) is 0 Å². The maximum absolute atomic E-state index is 19.5. The molecule has 2 atom stereocenters. The summed E-state index contributed by atoms with van der Waals surface area (Å²) in [6, 6.07) is 45.1. The minimum Gasteiger partial charge on any atom is -0.465 e. The lowest BCUT2D eigenvalue weighted by Crippen LogP contribution is -2.71. The van der Waals surface area contributed by atoms with E-state index in [1.807, 2.05) is 0 Å². The van der Waals surface area contributed by atoms with Crippen molar-refractivity contribution in [2.24, 2.45) is 5.41 Å². The van der Waals surface area contributed by atoms with Gasteiger partial charge in [0.05, 0.1) is 34.9 Å². The summed E-state index contributed by atoms with van der Waals surface area (Å²) < 4.78 is 212. The summed E-state index contributed by atoms with van der Waals surface area (Å²) in [6.07, 6.45) is 2.26. The first-order chi connectivity index (χ1) is 44.5. The molecule has 1 aliphatic heterocycles. The van der Waals surface area contributed by atoms with Crippen LogP contribution in [0.3, 0.4) is 0 Å². The number of halogens is 10. The number of esters is 2. The van der Waals surface area contributed by atoms with Gasteiger partial charge in [-0.05, 0) is 85.7 Å². The van der Waals surface area contributed by atoms with Crippen molar-refractivity contribution in [3.8, 4) is 0 Å². The molecule has 1 heterocycles. The van der Waals surface area contributed by atoms with E-state index in [2.05, 4.69) is 0 Å². The van der Waals surface area contributed by atoms with Crippen LogP contribution >= 0.6 is 0 Å². The first-order valence-corrected chi connectivity index (χ1v) is 29.5. The van der Waals surface area contributed by atoms with Crippen molar-refractivity contribution >= 4 is 11.9 Å². The van der Waals surface area contributed by atoms with Gasteiger partial charge in [-0.15, -0.1) is 0 Å². The molecule has 2 unspecified atom stereocenters. The third kappa shape index (κ3) is 7.53. The Bertz CT molecular complexity index is 4470. The summed E-state index contributed by atoms with van der Waals surface area (Å²) >= 11 is 0. The number of carbonyl (C=O) groups is 2. The number of allylic oxidation sites excluding steroid dienone is 1. The Morgan fingerprint density at radius 1 is 0.326 bits per heavy atom. The Hall–Kier alpha value is -10.1. The molecule has 0 aromatic heterocycles. The predicted molar refractivity (Wildman–Crippen MR) is 323 cm³/mol. The molecule has 92 heavy (non-hydrogen) atoms. The van der Waals surface area contributed by atoms with E-state index in [4.69, 9.17) is 14.2 Å². The average Bonchev–Trinajstić information content (AvgIpc) is 1.41. The third-order valence-corrected chi connectivity index (χ3v) is 18.9. The van der Waals surface area contributed by atoms with Crippen LogP contribution in [0.25, 0.3) is 0 Å². The highest BCUT2D eigenvalue weighted by Crippen LogP contribution is 2.86. The van der Waals surface area contributed by atoms with Crippen molar-refractivity contribution in [2.75, 3.05) is 13.2 Å². The van der Waals surface area contributed by atoms with Crippen molar-refractivity contribution in [3.05, 3.63) is 380 Å². The second kappa shape index (κ2) is 22.7. The van der Waals surface area contributed by atoms with E-state index in [0.29, 0.717) is 0 Å². The Labute approximate surface area is 522 Å². The molecule has 2 aliphatic carbocycles. The standard InChI is InChI=1S/C77H52F10O5/c1-3-90-69(88)75(70(89)91-4-2)72(49-27-7-17-37-60(49)80,50-28-8-18-38-61(50)81)68-57-45-46-71(47-25-5-15-35-58(47)78,48-26-6-16-36-59(48)79)73(51-29-9-19-39-62(51)82,52-30-10-20-40-63(52)83)76(57,55-33-13-23-43-66(55)86)92-77(68,56-34-14-24-44-67(56)87)74(75,53-31-11-21-41-64(53)84)54-32-12-22-42-65(54)85/h5-46H,3-4H2,1-2H3. The summed E-state index contributed by atoms with van der Waals surface area (Å²) in [5.74, 6) is -16.9. The van der Waals surface area contributed by atoms with Crippen molar-refractivity contribution in [3.63, 3.8) is 0 Å². The first-order valence-electron chi connectivity index (χ1n) is 29.5. The maximum atomic E-state index is 19.5. The molecule has 13 rings (SSSR count). The minimum atomic E-state index is -3.95. The molecular weight excluding hydrogens is 1190 g/mol. The molecule has 0 radical (unpaired) electrons. The van der Waals surface area contributed by atoms with Gasteiger partial charge in [0.2, 0.25) is 0 Å². The van der Waals surface area contributed by atoms with E-state index >= 15 is 53.5 Å². The zero-order valence-corrected chi connectivity index (χ0v) is 49.0. The average molecular weight is 1250 g/mol. The molecule has 460 valence electrons. The second-order valence-electron chi connectivity index (χ2n) is 22.6. The van der Waals surface area contributed by atoms with Crippen LogP contribution in [0, 0.1) is 63.6 Å². The van der Waals surface area contributed by atoms with E-state index in [1.165, 1.54) is 147 Å². The molecule has 0 bridgehead atoms. The molecule has 1 fully saturated rings. The highest BCUT2D eigenvalue weighted by atomic mass is 19.2. The van der Waals surface area contributed by atoms with Gasteiger partial charge in [-0.2, -0.15) is 0 Å². The van der Waals surface area contributed by atoms with Gasteiger partial charge < -0.3 is 14.2 Å². The Morgan fingerprint density at radius 2 is 0.576 bits per heavy atom. The summed E-state index contributed by atoms with van der Waals surface area (Å²) in [7, 11) is 0. The van der Waals surface area contributed by atoms with Gasteiger partial charge in [0.1, 0.15) is 69.4 Å². The van der Waals surface area contributed by atoms with E-state index in [1.54, 1.807) is 0 Å².